The van der Waals surface area contributed by atoms with Crippen LogP contribution in [0, 0.1) is 0 Å². The Labute approximate surface area is 78.7 Å². The molecule has 0 unspecified atom stereocenters. The normalized spacial score (nSPS) is 10.5. The molecule has 1 aromatic rings. The Morgan fingerprint density at radius 3 is 2.54 bits per heavy atom. The van der Waals surface area contributed by atoms with Crippen molar-refractivity contribution in [2.45, 2.75) is 0 Å². The first-order chi connectivity index (χ1) is 6.11. The van der Waals surface area contributed by atoms with Gasteiger partial charge < -0.3 is 0 Å². The molecule has 6 nitrogen and oxygen atoms in total. The zero-order valence-electron chi connectivity index (χ0n) is 6.17. The van der Waals surface area contributed by atoms with Crippen LogP contribution in [0.2, 0.25) is 0 Å². The molecule has 1 heterocycles. The second-order valence-corrected chi connectivity index (χ2v) is 3.08. The zero-order valence-corrected chi connectivity index (χ0v) is 7.88. The second kappa shape index (κ2) is 3.97. The summed E-state index contributed by atoms with van der Waals surface area (Å²) >= 11 is -0.466. The van der Waals surface area contributed by atoms with Crippen LogP contribution in [0.15, 0.2) is 6.08 Å². The number of carbonyl (C=O) groups is 2. The van der Waals surface area contributed by atoms with Gasteiger partial charge in [-0.05, 0) is 0 Å². The van der Waals surface area contributed by atoms with Gasteiger partial charge in [-0.25, -0.2) is 0 Å². The van der Waals surface area contributed by atoms with Crippen LogP contribution in [0.25, 0.3) is 6.08 Å². The molecule has 0 bridgehead atoms. The molecular weight excluding hydrogens is 243 g/mol. The van der Waals surface area contributed by atoms with E-state index in [-0.39, 0.29) is 11.4 Å². The van der Waals surface area contributed by atoms with E-state index < -0.39 is 26.9 Å². The molecule has 0 radical (unpaired) electrons. The molecule has 0 saturated heterocycles. The number of nitrogens with zero attached hydrogens (tertiary/aromatic N) is 2. The summed E-state index contributed by atoms with van der Waals surface area (Å²) in [6.45, 7) is 0. The summed E-state index contributed by atoms with van der Waals surface area (Å²) in [7, 11) is 0. The Bertz CT molecular complexity index is 370. The number of aromatic carboxylic acids is 1. The van der Waals surface area contributed by atoms with Crippen LogP contribution in [-0.4, -0.2) is 45.1 Å². The van der Waals surface area contributed by atoms with Crippen molar-refractivity contribution < 1.29 is 19.8 Å². The number of aliphatic carboxylic acids is 1. The molecule has 0 spiro atoms. The molecule has 0 aromatic carbocycles. The fraction of sp³-hybridized carbons (Fsp3) is 0. The molecule has 0 aliphatic carbocycles. The number of aromatic nitrogens is 2. The van der Waals surface area contributed by atoms with Crippen LogP contribution in [-0.2, 0) is 4.79 Å². The van der Waals surface area contributed by atoms with Crippen LogP contribution >= 0.6 is 0 Å². The van der Waals surface area contributed by atoms with Crippen LogP contribution in [0.1, 0.15) is 16.2 Å². The van der Waals surface area contributed by atoms with Gasteiger partial charge in [0.2, 0.25) is 0 Å². The minimum atomic E-state index is -1.19. The van der Waals surface area contributed by atoms with Crippen molar-refractivity contribution in [2.24, 2.45) is 0 Å². The molecule has 0 amide bonds. The topological polar surface area (TPSA) is 100 Å². The third-order valence-corrected chi connectivity index (χ3v) is 2.24. The Hall–Kier alpha value is -1.46. The van der Waals surface area contributed by atoms with Crippen LogP contribution in [0.4, 0.5) is 0 Å². The fourth-order valence-corrected chi connectivity index (χ4v) is 1.71. The maximum atomic E-state index is 10.5. The van der Waals surface area contributed by atoms with Gasteiger partial charge in [0.1, 0.15) is 0 Å². The Morgan fingerprint density at radius 1 is 1.31 bits per heavy atom. The van der Waals surface area contributed by atoms with Gasteiger partial charge in [-0.3, -0.25) is 0 Å². The predicted molar refractivity (Wildman–Crippen MR) is 42.6 cm³/mol. The first kappa shape index (κ1) is 9.63. The summed E-state index contributed by atoms with van der Waals surface area (Å²) in [6, 6.07) is 0. The molecule has 7 heteroatoms. The Balaban J connectivity index is 2.95. The summed E-state index contributed by atoms with van der Waals surface area (Å²) in [5.41, 5.74) is -0.0487. The average molecular weight is 247 g/mol. The van der Waals surface area contributed by atoms with Crippen molar-refractivity contribution >= 4 is 33.0 Å². The van der Waals surface area contributed by atoms with E-state index in [2.05, 4.69) is 7.96 Å². The summed E-state index contributed by atoms with van der Waals surface area (Å²) in [5.74, 6) is -2.33. The van der Waals surface area contributed by atoms with Gasteiger partial charge in [-0.1, -0.05) is 0 Å². The summed E-state index contributed by atoms with van der Waals surface area (Å²) in [6.07, 6.45) is 1.96. The van der Waals surface area contributed by atoms with Gasteiger partial charge in [0.15, 0.2) is 0 Å². The summed E-state index contributed by atoms with van der Waals surface area (Å²) in [5, 5.41) is 16.8. The van der Waals surface area contributed by atoms with Crippen LogP contribution < -0.4 is 0 Å². The van der Waals surface area contributed by atoms with Crippen molar-refractivity contribution in [1.82, 2.24) is 7.96 Å². The van der Waals surface area contributed by atoms with E-state index in [1.165, 1.54) is 0 Å². The molecule has 0 atom stereocenters. The van der Waals surface area contributed by atoms with Gasteiger partial charge in [-0.2, -0.15) is 0 Å². The quantitative estimate of drug-likeness (QED) is 0.542. The van der Waals surface area contributed by atoms with Crippen LogP contribution in [0.5, 0.6) is 0 Å². The fourth-order valence-electron chi connectivity index (χ4n) is 0.603. The monoisotopic (exact) mass is 248 g/mol. The number of hydrogen-bond donors (Lipinski definition) is 2. The summed E-state index contributed by atoms with van der Waals surface area (Å²) < 4.78 is 7.38. The third-order valence-electron chi connectivity index (χ3n) is 1.10. The van der Waals surface area contributed by atoms with Crippen molar-refractivity contribution in [2.75, 3.05) is 0 Å². The number of rotatable bonds is 3. The van der Waals surface area contributed by atoms with Crippen molar-refractivity contribution in [3.63, 3.8) is 0 Å². The SMILES string of the molecule is O=C(O)C=Cc1n[se]nc1C(=O)O. The standard InChI is InChI=1S/C6H4N2O4Se/c9-4(10)2-1-3-5(6(11)12)8-13-7-3/h1-2H,(H,9,10)(H,11,12). The number of hydrogen-bond acceptors (Lipinski definition) is 4. The molecule has 1 aromatic heterocycles. The second-order valence-electron chi connectivity index (χ2n) is 1.97. The van der Waals surface area contributed by atoms with E-state index in [9.17, 15) is 9.59 Å². The van der Waals surface area contributed by atoms with Crippen molar-refractivity contribution in [3.8, 4) is 0 Å². The summed E-state index contributed by atoms with van der Waals surface area (Å²) in [4.78, 5) is 20.6. The molecule has 0 aliphatic rings. The molecule has 0 fully saturated rings. The molecular formula is C6H4N2O4Se. The first-order valence-corrected chi connectivity index (χ1v) is 4.61. The number of carboxylic acids is 2. The molecule has 1 rings (SSSR count). The van der Waals surface area contributed by atoms with Gasteiger partial charge in [-0.15, -0.1) is 0 Å². The zero-order chi connectivity index (χ0) is 9.84. The third kappa shape index (κ3) is 2.50. The van der Waals surface area contributed by atoms with E-state index in [1.807, 2.05) is 0 Å². The Kier molecular flexibility index (Phi) is 2.94. The number of carboxylic acid groups (broad SMARTS) is 2. The minimum absolute atomic E-state index is 0.120. The van der Waals surface area contributed by atoms with Gasteiger partial charge in [0.25, 0.3) is 0 Å². The molecule has 2 N–H and O–H groups in total. The molecule has 68 valence electrons. The van der Waals surface area contributed by atoms with E-state index in [1.54, 1.807) is 0 Å². The van der Waals surface area contributed by atoms with Crippen molar-refractivity contribution in [3.05, 3.63) is 17.5 Å². The Morgan fingerprint density at radius 2 is 2.00 bits per heavy atom. The molecule has 13 heavy (non-hydrogen) atoms. The predicted octanol–water partition coefficient (Wildman–Crippen LogP) is -0.670. The van der Waals surface area contributed by atoms with E-state index >= 15 is 0 Å². The van der Waals surface area contributed by atoms with E-state index in [4.69, 9.17) is 10.2 Å². The average Bonchev–Trinajstić information content (AvgIpc) is 2.47. The molecule has 0 saturated carbocycles. The van der Waals surface area contributed by atoms with E-state index in [0.29, 0.717) is 0 Å². The van der Waals surface area contributed by atoms with Gasteiger partial charge >= 0.3 is 78.2 Å². The van der Waals surface area contributed by atoms with Gasteiger partial charge in [0.05, 0.1) is 0 Å². The first-order valence-electron chi connectivity index (χ1n) is 3.08. The van der Waals surface area contributed by atoms with E-state index in [0.717, 1.165) is 12.2 Å². The van der Waals surface area contributed by atoms with Crippen molar-refractivity contribution in [1.29, 1.82) is 0 Å². The van der Waals surface area contributed by atoms with Gasteiger partial charge in [0, 0.05) is 0 Å². The molecule has 0 aliphatic heterocycles. The van der Waals surface area contributed by atoms with Crippen LogP contribution in [0.3, 0.4) is 0 Å². The maximum absolute atomic E-state index is 10.5.